The minimum atomic E-state index is -2.18. The fraction of sp³-hybridized carbons (Fsp3) is 0.545. The highest BCUT2D eigenvalue weighted by Gasteiger charge is 2.54. The van der Waals surface area contributed by atoms with E-state index in [2.05, 4.69) is 0 Å². The molecular formula is C33H40O20. The van der Waals surface area contributed by atoms with Crippen molar-refractivity contribution in [1.29, 1.82) is 0 Å². The number of aliphatic hydroxyl groups is 8. The molecular weight excluding hydrogens is 716 g/mol. The van der Waals surface area contributed by atoms with Crippen molar-refractivity contribution >= 4 is 11.0 Å². The lowest BCUT2D eigenvalue weighted by molar-refractivity contribution is -0.335. The summed E-state index contributed by atoms with van der Waals surface area (Å²) in [5, 5.41) is 115. The largest absolute Gasteiger partial charge is 0.508 e. The lowest BCUT2D eigenvalue weighted by Crippen LogP contribution is -2.63. The molecule has 292 valence electrons. The second-order valence-corrected chi connectivity index (χ2v) is 13.0. The van der Waals surface area contributed by atoms with Gasteiger partial charge in [-0.15, -0.1) is 0 Å². The molecule has 3 aliphatic rings. The molecule has 13 atom stereocenters. The molecule has 1 aromatic heterocycles. The molecule has 3 fully saturated rings. The summed E-state index contributed by atoms with van der Waals surface area (Å²) in [5.74, 6) is -2.62. The molecule has 13 unspecified atom stereocenters. The van der Waals surface area contributed by atoms with Crippen LogP contribution in [-0.4, -0.2) is 163 Å². The van der Waals surface area contributed by atoms with E-state index in [1.54, 1.807) is 0 Å². The van der Waals surface area contributed by atoms with Gasteiger partial charge in [0.05, 0.1) is 33.0 Å². The fourth-order valence-electron chi connectivity index (χ4n) is 6.19. The van der Waals surface area contributed by atoms with Crippen LogP contribution in [-0.2, 0) is 23.7 Å². The smallest absolute Gasteiger partial charge is 0.239 e. The molecule has 11 N–H and O–H groups in total. The first-order valence-electron chi connectivity index (χ1n) is 16.3. The number of phenolic OH excluding ortho intramolecular Hbond substituents is 3. The number of aromatic hydroxyl groups is 3. The van der Waals surface area contributed by atoms with Crippen LogP contribution in [0.5, 0.6) is 28.7 Å². The lowest BCUT2D eigenvalue weighted by atomic mass is 9.97. The molecule has 4 heterocycles. The third-order valence-corrected chi connectivity index (χ3v) is 9.34. The molecule has 20 nitrogen and oxygen atoms in total. The Bertz CT molecular complexity index is 1830. The van der Waals surface area contributed by atoms with Crippen LogP contribution in [0.1, 0.15) is 6.92 Å². The summed E-state index contributed by atoms with van der Waals surface area (Å²) in [6.45, 7) is -0.830. The number of fused-ring (bicyclic) bond motifs is 1. The number of aliphatic hydroxyl groups excluding tert-OH is 7. The molecule has 0 bridgehead atoms. The molecule has 2 aromatic carbocycles. The molecule has 20 heteroatoms. The number of rotatable bonds is 10. The summed E-state index contributed by atoms with van der Waals surface area (Å²) in [5.41, 5.74) is -3.49. The molecule has 53 heavy (non-hydrogen) atoms. The monoisotopic (exact) mass is 756 g/mol. The number of methoxy groups -OCH3 is 1. The van der Waals surface area contributed by atoms with Crippen LogP contribution in [0.15, 0.2) is 39.5 Å². The van der Waals surface area contributed by atoms with Crippen LogP contribution < -0.4 is 14.9 Å². The summed E-state index contributed by atoms with van der Waals surface area (Å²) in [6, 6.07) is 5.68. The molecule has 0 amide bonds. The van der Waals surface area contributed by atoms with Gasteiger partial charge in [-0.25, -0.2) is 0 Å². The number of benzene rings is 2. The maximum Gasteiger partial charge on any atom is 0.239 e. The highest BCUT2D eigenvalue weighted by Crippen LogP contribution is 2.40. The average molecular weight is 757 g/mol. The van der Waals surface area contributed by atoms with Crippen molar-refractivity contribution in [3.05, 3.63) is 40.6 Å². The van der Waals surface area contributed by atoms with Gasteiger partial charge in [0.1, 0.15) is 70.8 Å². The first-order chi connectivity index (χ1) is 25.1. The Morgan fingerprint density at radius 1 is 0.868 bits per heavy atom. The van der Waals surface area contributed by atoms with Crippen molar-refractivity contribution < 1.29 is 93.7 Å². The fourth-order valence-corrected chi connectivity index (χ4v) is 6.19. The van der Waals surface area contributed by atoms with Gasteiger partial charge in [0.25, 0.3) is 0 Å². The van der Waals surface area contributed by atoms with Crippen LogP contribution in [0.3, 0.4) is 0 Å². The van der Waals surface area contributed by atoms with Crippen molar-refractivity contribution in [3.63, 3.8) is 0 Å². The third kappa shape index (κ3) is 7.22. The van der Waals surface area contributed by atoms with E-state index in [0.29, 0.717) is 0 Å². The number of phenols is 3. The Morgan fingerprint density at radius 2 is 1.60 bits per heavy atom. The molecule has 0 aliphatic carbocycles. The molecule has 3 saturated heterocycles. The SMILES string of the molecule is COc1cc(-c2oc3cc(O)cc(O)c3c(=O)c2OC2OC(COC3OC(C)C(O)C(O)C3O)C(O)C(O)C2OC2OCC(O)(CO)C2O)ccc1O. The highest BCUT2D eigenvalue weighted by molar-refractivity contribution is 5.88. The maximum absolute atomic E-state index is 14.1. The Hall–Kier alpha value is -3.87. The van der Waals surface area contributed by atoms with Gasteiger partial charge in [0.15, 0.2) is 35.9 Å². The Morgan fingerprint density at radius 3 is 2.28 bits per heavy atom. The number of hydrogen-bond acceptors (Lipinski definition) is 20. The molecule has 3 aliphatic heterocycles. The predicted molar refractivity (Wildman–Crippen MR) is 172 cm³/mol. The Labute approximate surface area is 298 Å². The zero-order valence-corrected chi connectivity index (χ0v) is 28.0. The van der Waals surface area contributed by atoms with Gasteiger partial charge >= 0.3 is 0 Å². The van der Waals surface area contributed by atoms with Gasteiger partial charge in [0.2, 0.25) is 17.5 Å². The van der Waals surface area contributed by atoms with E-state index in [9.17, 15) is 61.0 Å². The van der Waals surface area contributed by atoms with Gasteiger partial charge in [0, 0.05) is 17.7 Å². The summed E-state index contributed by atoms with van der Waals surface area (Å²) in [7, 11) is 1.26. The van der Waals surface area contributed by atoms with E-state index in [0.717, 1.165) is 12.1 Å². The van der Waals surface area contributed by atoms with Crippen molar-refractivity contribution in [3.8, 4) is 40.1 Å². The minimum absolute atomic E-state index is 0.0473. The van der Waals surface area contributed by atoms with Gasteiger partial charge in [-0.05, 0) is 25.1 Å². The van der Waals surface area contributed by atoms with E-state index < -0.39 is 127 Å². The maximum atomic E-state index is 14.1. The topological polar surface area (TPSA) is 317 Å². The van der Waals surface area contributed by atoms with Crippen LogP contribution in [0.4, 0.5) is 0 Å². The average Bonchev–Trinajstić information content (AvgIpc) is 3.41. The van der Waals surface area contributed by atoms with Gasteiger partial charge in [-0.1, -0.05) is 0 Å². The van der Waals surface area contributed by atoms with E-state index >= 15 is 0 Å². The van der Waals surface area contributed by atoms with Crippen molar-refractivity contribution in [2.24, 2.45) is 0 Å². The quantitative estimate of drug-likeness (QED) is 0.0987. The zero-order valence-electron chi connectivity index (χ0n) is 28.0. The van der Waals surface area contributed by atoms with Gasteiger partial charge < -0.3 is 93.7 Å². The van der Waals surface area contributed by atoms with E-state index in [-0.39, 0.29) is 28.4 Å². The highest BCUT2D eigenvalue weighted by atomic mass is 16.8. The normalized spacial score (nSPS) is 36.1. The van der Waals surface area contributed by atoms with Crippen molar-refractivity contribution in [1.82, 2.24) is 0 Å². The van der Waals surface area contributed by atoms with E-state index in [1.807, 2.05) is 0 Å². The van der Waals surface area contributed by atoms with Gasteiger partial charge in [-0.3, -0.25) is 4.79 Å². The number of ether oxygens (including phenoxy) is 7. The van der Waals surface area contributed by atoms with Crippen molar-refractivity contribution in [2.45, 2.75) is 86.3 Å². The second kappa shape index (κ2) is 15.1. The van der Waals surface area contributed by atoms with Crippen LogP contribution in [0.2, 0.25) is 0 Å². The molecule has 6 rings (SSSR count). The van der Waals surface area contributed by atoms with Crippen LogP contribution in [0.25, 0.3) is 22.3 Å². The van der Waals surface area contributed by atoms with E-state index in [1.165, 1.54) is 32.2 Å². The van der Waals surface area contributed by atoms with Crippen LogP contribution in [0, 0.1) is 0 Å². The predicted octanol–water partition coefficient (Wildman–Crippen LogP) is -2.92. The first-order valence-corrected chi connectivity index (χ1v) is 16.3. The molecule has 0 saturated carbocycles. The minimum Gasteiger partial charge on any atom is -0.508 e. The first kappa shape index (κ1) is 38.8. The zero-order chi connectivity index (χ0) is 38.5. The van der Waals surface area contributed by atoms with Gasteiger partial charge in [-0.2, -0.15) is 0 Å². The Kier molecular flexibility index (Phi) is 11.1. The molecule has 3 aromatic rings. The summed E-state index contributed by atoms with van der Waals surface area (Å²) < 4.78 is 45.2. The summed E-state index contributed by atoms with van der Waals surface area (Å²) in [4.78, 5) is 14.1. The summed E-state index contributed by atoms with van der Waals surface area (Å²) >= 11 is 0. The lowest BCUT2D eigenvalue weighted by Gasteiger charge is -2.44. The van der Waals surface area contributed by atoms with Crippen LogP contribution >= 0.6 is 0 Å². The third-order valence-electron chi connectivity index (χ3n) is 9.34. The van der Waals surface area contributed by atoms with Crippen molar-refractivity contribution in [2.75, 3.05) is 26.9 Å². The number of hydrogen-bond donors (Lipinski definition) is 11. The Balaban J connectivity index is 1.40. The molecule has 0 spiro atoms. The van der Waals surface area contributed by atoms with E-state index in [4.69, 9.17) is 37.6 Å². The summed E-state index contributed by atoms with van der Waals surface area (Å²) in [6.07, 6.45) is -20.4. The second-order valence-electron chi connectivity index (χ2n) is 13.0. The standard InChI is InChI=1S/C33H40O20/c1-11-20(38)23(41)25(43)30(49-11)47-8-18-21(39)24(42)28(53-32-29(44)33(45,9-34)10-48-32)31(51-18)52-27-22(40)19-15(37)6-13(35)7-17(19)50-26(27)12-3-4-14(36)16(5-12)46-2/h3-7,11,18,20-21,23-25,28-32,34-39,41-45H,8-10H2,1-2H3. The molecule has 0 radical (unpaired) electrons.